The highest BCUT2D eigenvalue weighted by Gasteiger charge is 2.17. The van der Waals surface area contributed by atoms with E-state index in [0.717, 1.165) is 15.0 Å². The summed E-state index contributed by atoms with van der Waals surface area (Å²) in [6.45, 7) is 3.74. The van der Waals surface area contributed by atoms with Gasteiger partial charge in [0, 0.05) is 16.5 Å². The van der Waals surface area contributed by atoms with Gasteiger partial charge in [-0.1, -0.05) is 0 Å². The van der Waals surface area contributed by atoms with E-state index in [4.69, 9.17) is 4.74 Å². The van der Waals surface area contributed by atoms with E-state index in [1.807, 2.05) is 6.92 Å². The second kappa shape index (κ2) is 5.66. The van der Waals surface area contributed by atoms with Crippen molar-refractivity contribution in [2.24, 2.45) is 0 Å². The van der Waals surface area contributed by atoms with Gasteiger partial charge in [-0.2, -0.15) is 0 Å². The number of hydrogen-bond acceptors (Lipinski definition) is 6. The Labute approximate surface area is 123 Å². The molecule has 0 fully saturated rings. The topological polar surface area (TPSA) is 64.1 Å². The van der Waals surface area contributed by atoms with E-state index >= 15 is 0 Å². The van der Waals surface area contributed by atoms with Crippen LogP contribution in [-0.4, -0.2) is 23.0 Å². The average Bonchev–Trinajstić information content (AvgIpc) is 2.75. The fourth-order valence-corrected chi connectivity index (χ4v) is 2.61. The van der Waals surface area contributed by atoms with E-state index < -0.39 is 0 Å². The molecular weight excluding hydrogens is 330 g/mol. The van der Waals surface area contributed by atoms with Crippen LogP contribution in [0.1, 0.15) is 21.1 Å². The molecule has 0 aliphatic carbocycles. The van der Waals surface area contributed by atoms with Crippen LogP contribution < -0.4 is 5.32 Å². The molecule has 0 bridgehead atoms. The molecule has 100 valence electrons. The standard InChI is InChI=1S/C12H12BrN3O2S/c1-6-10(8(5-19-6)12(17)18-3)16-11-9(13)4-14-7(2)15-11/h4-5H,1-3H3,(H,14,15,16). The van der Waals surface area contributed by atoms with Gasteiger partial charge in [0.25, 0.3) is 0 Å². The van der Waals surface area contributed by atoms with Gasteiger partial charge in [-0.25, -0.2) is 14.8 Å². The molecule has 0 amide bonds. The van der Waals surface area contributed by atoms with Crippen LogP contribution in [0.5, 0.6) is 0 Å². The van der Waals surface area contributed by atoms with E-state index in [1.54, 1.807) is 18.5 Å². The van der Waals surface area contributed by atoms with Gasteiger partial charge in [0.2, 0.25) is 0 Å². The van der Waals surface area contributed by atoms with Crippen molar-refractivity contribution in [1.82, 2.24) is 9.97 Å². The number of ether oxygens (including phenoxy) is 1. The van der Waals surface area contributed by atoms with E-state index in [9.17, 15) is 4.79 Å². The molecule has 0 saturated carbocycles. The molecule has 0 aliphatic rings. The quantitative estimate of drug-likeness (QED) is 0.866. The zero-order valence-corrected chi connectivity index (χ0v) is 13.1. The summed E-state index contributed by atoms with van der Waals surface area (Å²) in [6, 6.07) is 0. The Morgan fingerprint density at radius 2 is 2.21 bits per heavy atom. The fourth-order valence-electron chi connectivity index (χ4n) is 1.53. The molecule has 2 rings (SSSR count). The van der Waals surface area contributed by atoms with E-state index in [2.05, 4.69) is 31.2 Å². The van der Waals surface area contributed by atoms with Crippen molar-refractivity contribution in [2.75, 3.05) is 12.4 Å². The summed E-state index contributed by atoms with van der Waals surface area (Å²) in [5.41, 5.74) is 1.23. The first-order valence-corrected chi connectivity index (χ1v) is 7.12. The van der Waals surface area contributed by atoms with Gasteiger partial charge in [-0.05, 0) is 29.8 Å². The number of carbonyl (C=O) groups is 1. The third kappa shape index (κ3) is 2.93. The third-order valence-electron chi connectivity index (χ3n) is 2.49. The summed E-state index contributed by atoms with van der Waals surface area (Å²) in [4.78, 5) is 21.1. The maximum atomic E-state index is 11.7. The van der Waals surface area contributed by atoms with Crippen LogP contribution in [0.4, 0.5) is 11.5 Å². The van der Waals surface area contributed by atoms with Gasteiger partial charge < -0.3 is 10.1 Å². The monoisotopic (exact) mass is 341 g/mol. The van der Waals surface area contributed by atoms with Crippen LogP contribution in [0, 0.1) is 13.8 Å². The smallest absolute Gasteiger partial charge is 0.340 e. The van der Waals surface area contributed by atoms with Crippen molar-refractivity contribution in [2.45, 2.75) is 13.8 Å². The van der Waals surface area contributed by atoms with Gasteiger partial charge in [-0.15, -0.1) is 11.3 Å². The lowest BCUT2D eigenvalue weighted by atomic mass is 10.2. The molecule has 1 N–H and O–H groups in total. The van der Waals surface area contributed by atoms with Crippen LogP contribution in [0.15, 0.2) is 16.0 Å². The van der Waals surface area contributed by atoms with E-state index in [0.29, 0.717) is 17.2 Å². The zero-order chi connectivity index (χ0) is 14.0. The highest BCUT2D eigenvalue weighted by atomic mass is 79.9. The first-order chi connectivity index (χ1) is 9.02. The largest absolute Gasteiger partial charge is 0.465 e. The Morgan fingerprint density at radius 3 is 2.89 bits per heavy atom. The number of hydrogen-bond donors (Lipinski definition) is 1. The molecule has 2 heterocycles. The number of anilines is 2. The molecule has 0 unspecified atom stereocenters. The number of aryl methyl sites for hydroxylation is 2. The Kier molecular flexibility index (Phi) is 4.16. The number of aromatic nitrogens is 2. The molecule has 2 aromatic rings. The number of carbonyl (C=O) groups excluding carboxylic acids is 1. The first-order valence-electron chi connectivity index (χ1n) is 5.45. The van der Waals surface area contributed by atoms with E-state index in [-0.39, 0.29) is 5.97 Å². The third-order valence-corrected chi connectivity index (χ3v) is 3.98. The summed E-state index contributed by atoms with van der Waals surface area (Å²) in [5, 5.41) is 4.93. The van der Waals surface area contributed by atoms with Gasteiger partial charge in [0.1, 0.15) is 11.6 Å². The van der Waals surface area contributed by atoms with Gasteiger partial charge >= 0.3 is 5.97 Å². The zero-order valence-electron chi connectivity index (χ0n) is 10.7. The predicted molar refractivity (Wildman–Crippen MR) is 78.1 cm³/mol. The van der Waals surface area contributed by atoms with Crippen LogP contribution in [0.3, 0.4) is 0 Å². The summed E-state index contributed by atoms with van der Waals surface area (Å²) in [6.07, 6.45) is 1.67. The number of halogens is 1. The predicted octanol–water partition coefficient (Wildman–Crippen LogP) is 3.45. The molecule has 0 radical (unpaired) electrons. The van der Waals surface area contributed by atoms with E-state index in [1.165, 1.54) is 18.4 Å². The molecular formula is C12H12BrN3O2S. The molecule has 0 aromatic carbocycles. The molecule has 19 heavy (non-hydrogen) atoms. The molecule has 0 atom stereocenters. The van der Waals surface area contributed by atoms with Crippen molar-refractivity contribution < 1.29 is 9.53 Å². The molecule has 0 saturated heterocycles. The number of methoxy groups -OCH3 is 1. The molecule has 0 spiro atoms. The number of nitrogens with one attached hydrogen (secondary N) is 1. The SMILES string of the molecule is COC(=O)c1csc(C)c1Nc1nc(C)ncc1Br. The van der Waals surface area contributed by atoms with Crippen molar-refractivity contribution >= 4 is 44.7 Å². The van der Waals surface area contributed by atoms with Gasteiger partial charge in [-0.3, -0.25) is 0 Å². The van der Waals surface area contributed by atoms with Crippen LogP contribution in [0.2, 0.25) is 0 Å². The summed E-state index contributed by atoms with van der Waals surface area (Å²) >= 11 is 4.86. The number of thiophene rings is 1. The Hall–Kier alpha value is -1.47. The van der Waals surface area contributed by atoms with Crippen LogP contribution >= 0.6 is 27.3 Å². The minimum absolute atomic E-state index is 0.367. The van der Waals surface area contributed by atoms with Crippen LogP contribution in [0.25, 0.3) is 0 Å². The lowest BCUT2D eigenvalue weighted by Gasteiger charge is -2.09. The average molecular weight is 342 g/mol. The highest BCUT2D eigenvalue weighted by molar-refractivity contribution is 9.10. The molecule has 0 aliphatic heterocycles. The maximum Gasteiger partial charge on any atom is 0.340 e. The number of esters is 1. The minimum atomic E-state index is -0.367. The van der Waals surface area contributed by atoms with Crippen molar-refractivity contribution in [1.29, 1.82) is 0 Å². The summed E-state index contributed by atoms with van der Waals surface area (Å²) < 4.78 is 5.50. The fraction of sp³-hybridized carbons (Fsp3) is 0.250. The second-order valence-electron chi connectivity index (χ2n) is 3.81. The first kappa shape index (κ1) is 14.0. The molecule has 2 aromatic heterocycles. The number of nitrogens with zero attached hydrogens (tertiary/aromatic N) is 2. The van der Waals surface area contributed by atoms with Gasteiger partial charge in [0.05, 0.1) is 22.8 Å². The Balaban J connectivity index is 2.40. The summed E-state index contributed by atoms with van der Waals surface area (Å²) in [7, 11) is 1.36. The Bertz CT molecular complexity index is 627. The highest BCUT2D eigenvalue weighted by Crippen LogP contribution is 2.32. The second-order valence-corrected chi connectivity index (χ2v) is 5.75. The maximum absolute atomic E-state index is 11.7. The van der Waals surface area contributed by atoms with Gasteiger partial charge in [0.15, 0.2) is 0 Å². The lowest BCUT2D eigenvalue weighted by Crippen LogP contribution is -2.05. The van der Waals surface area contributed by atoms with Crippen LogP contribution in [-0.2, 0) is 4.74 Å². The minimum Gasteiger partial charge on any atom is -0.465 e. The molecule has 5 nitrogen and oxygen atoms in total. The van der Waals surface area contributed by atoms with Crippen molar-refractivity contribution in [3.8, 4) is 0 Å². The molecule has 7 heteroatoms. The normalized spacial score (nSPS) is 10.3. The van der Waals surface area contributed by atoms with Crippen molar-refractivity contribution in [3.05, 3.63) is 32.3 Å². The lowest BCUT2D eigenvalue weighted by molar-refractivity contribution is 0.0602. The summed E-state index contributed by atoms with van der Waals surface area (Å²) in [5.74, 6) is 0.908. The van der Waals surface area contributed by atoms with Crippen molar-refractivity contribution in [3.63, 3.8) is 0 Å². The number of rotatable bonds is 3. The Morgan fingerprint density at radius 1 is 1.47 bits per heavy atom.